The molecule has 4 amide bonds. The maximum atomic E-state index is 13.1. The number of nitrogens with zero attached hydrogens (tertiary/aromatic N) is 1. The Hall–Kier alpha value is -3.87. The maximum Gasteiger partial charge on any atom is 0.335 e. The third kappa shape index (κ3) is 4.50. The number of hydrogen-bond acceptors (Lipinski definition) is 5. The number of aryl methyl sites for hydroxylation is 1. The number of methoxy groups -OCH3 is 1. The number of imide groups is 2. The first-order valence-corrected chi connectivity index (χ1v) is 9.82. The number of amides is 4. The van der Waals surface area contributed by atoms with E-state index in [9.17, 15) is 14.4 Å². The predicted octanol–water partition coefficient (Wildman–Crippen LogP) is 3.80. The molecule has 2 aromatic carbocycles. The molecule has 0 aromatic heterocycles. The summed E-state index contributed by atoms with van der Waals surface area (Å²) in [6.07, 6.45) is 3.68. The van der Waals surface area contributed by atoms with Crippen LogP contribution in [0.1, 0.15) is 23.6 Å². The molecule has 0 aliphatic carbocycles. The Labute approximate surface area is 181 Å². The summed E-state index contributed by atoms with van der Waals surface area (Å²) in [5.41, 5.74) is 2.57. The van der Waals surface area contributed by atoms with Crippen molar-refractivity contribution in [1.82, 2.24) is 5.32 Å². The molecule has 0 spiro atoms. The van der Waals surface area contributed by atoms with Gasteiger partial charge in [0.1, 0.15) is 5.57 Å². The fourth-order valence-electron chi connectivity index (χ4n) is 3.32. The standard InChI is InChI=1S/C24H24N2O5/c1-5-7-17-12-16(14-20(31-6-2)21(17)30-4)13-19-22(27)25-24(29)26(23(19)28)18-10-8-15(3)9-11-18/h5,8-14H,1,6-7H2,2-4H3,(H,25,27,29)/b19-13+. The molecule has 0 unspecified atom stereocenters. The van der Waals surface area contributed by atoms with Crippen molar-refractivity contribution in [3.8, 4) is 11.5 Å². The average Bonchev–Trinajstić information content (AvgIpc) is 2.73. The van der Waals surface area contributed by atoms with Gasteiger partial charge in [0.25, 0.3) is 11.8 Å². The minimum absolute atomic E-state index is 0.155. The van der Waals surface area contributed by atoms with Gasteiger partial charge in [-0.05, 0) is 56.2 Å². The molecule has 1 fully saturated rings. The second kappa shape index (κ2) is 9.30. The number of carbonyl (C=O) groups is 3. The molecule has 1 aliphatic rings. The lowest BCUT2D eigenvalue weighted by Crippen LogP contribution is -2.54. The van der Waals surface area contributed by atoms with Crippen LogP contribution in [0, 0.1) is 6.92 Å². The normalized spacial score (nSPS) is 15.1. The van der Waals surface area contributed by atoms with E-state index < -0.39 is 17.8 Å². The highest BCUT2D eigenvalue weighted by molar-refractivity contribution is 6.39. The molecule has 1 saturated heterocycles. The lowest BCUT2D eigenvalue weighted by molar-refractivity contribution is -0.122. The van der Waals surface area contributed by atoms with Gasteiger partial charge in [0.15, 0.2) is 11.5 Å². The predicted molar refractivity (Wildman–Crippen MR) is 118 cm³/mol. The van der Waals surface area contributed by atoms with Gasteiger partial charge in [-0.25, -0.2) is 9.69 Å². The summed E-state index contributed by atoms with van der Waals surface area (Å²) >= 11 is 0. The maximum absolute atomic E-state index is 13.1. The summed E-state index contributed by atoms with van der Waals surface area (Å²) < 4.78 is 11.2. The molecule has 2 aromatic rings. The van der Waals surface area contributed by atoms with Crippen LogP contribution >= 0.6 is 0 Å². The Kier molecular flexibility index (Phi) is 6.55. The second-order valence-electron chi connectivity index (χ2n) is 6.93. The van der Waals surface area contributed by atoms with E-state index in [1.807, 2.05) is 13.8 Å². The highest BCUT2D eigenvalue weighted by Gasteiger charge is 2.36. The fourth-order valence-corrected chi connectivity index (χ4v) is 3.32. The van der Waals surface area contributed by atoms with E-state index in [1.165, 1.54) is 6.08 Å². The number of barbiturate groups is 1. The number of allylic oxidation sites excluding steroid dienone is 1. The van der Waals surface area contributed by atoms with Crippen molar-refractivity contribution in [2.75, 3.05) is 18.6 Å². The minimum atomic E-state index is -0.784. The Bertz CT molecular complexity index is 1070. The number of urea groups is 1. The molecule has 31 heavy (non-hydrogen) atoms. The lowest BCUT2D eigenvalue weighted by Gasteiger charge is -2.26. The quantitative estimate of drug-likeness (QED) is 0.418. The monoisotopic (exact) mass is 420 g/mol. The number of rotatable bonds is 7. The number of nitrogens with one attached hydrogen (secondary N) is 1. The van der Waals surface area contributed by atoms with Gasteiger partial charge in [-0.15, -0.1) is 6.58 Å². The number of ether oxygens (including phenoxy) is 2. The van der Waals surface area contributed by atoms with Crippen LogP contribution in [0.4, 0.5) is 10.5 Å². The summed E-state index contributed by atoms with van der Waals surface area (Å²) in [5, 5.41) is 2.23. The smallest absolute Gasteiger partial charge is 0.335 e. The third-order valence-electron chi connectivity index (χ3n) is 4.73. The SMILES string of the molecule is C=CCc1cc(/C=C2\C(=O)NC(=O)N(c3ccc(C)cc3)C2=O)cc(OCC)c1OC. The van der Waals surface area contributed by atoms with Gasteiger partial charge < -0.3 is 9.47 Å². The Morgan fingerprint density at radius 2 is 1.84 bits per heavy atom. The summed E-state index contributed by atoms with van der Waals surface area (Å²) in [7, 11) is 1.55. The zero-order valence-electron chi connectivity index (χ0n) is 17.7. The van der Waals surface area contributed by atoms with Crippen LogP contribution in [0.3, 0.4) is 0 Å². The molecular formula is C24H24N2O5. The van der Waals surface area contributed by atoms with Gasteiger partial charge in [0.05, 0.1) is 19.4 Å². The lowest BCUT2D eigenvalue weighted by atomic mass is 10.0. The van der Waals surface area contributed by atoms with Gasteiger partial charge in [0, 0.05) is 5.56 Å². The summed E-state index contributed by atoms with van der Waals surface area (Å²) in [5.74, 6) is -0.389. The first kappa shape index (κ1) is 21.8. The van der Waals surface area contributed by atoms with Crippen molar-refractivity contribution in [2.24, 2.45) is 0 Å². The summed E-state index contributed by atoms with van der Waals surface area (Å²) in [6, 6.07) is 9.59. The van der Waals surface area contributed by atoms with E-state index in [-0.39, 0.29) is 5.57 Å². The largest absolute Gasteiger partial charge is 0.493 e. The van der Waals surface area contributed by atoms with Crippen LogP contribution in [0.25, 0.3) is 6.08 Å². The zero-order chi connectivity index (χ0) is 22.5. The van der Waals surface area contributed by atoms with E-state index in [0.29, 0.717) is 35.8 Å². The Morgan fingerprint density at radius 3 is 2.45 bits per heavy atom. The van der Waals surface area contributed by atoms with E-state index in [0.717, 1.165) is 16.0 Å². The second-order valence-corrected chi connectivity index (χ2v) is 6.93. The molecule has 0 atom stereocenters. The Morgan fingerprint density at radius 1 is 1.13 bits per heavy atom. The Balaban J connectivity index is 2.07. The van der Waals surface area contributed by atoms with Crippen molar-refractivity contribution in [1.29, 1.82) is 0 Å². The van der Waals surface area contributed by atoms with E-state index >= 15 is 0 Å². The van der Waals surface area contributed by atoms with Crippen molar-refractivity contribution in [3.05, 3.63) is 71.3 Å². The van der Waals surface area contributed by atoms with Crippen LogP contribution < -0.4 is 19.7 Å². The third-order valence-corrected chi connectivity index (χ3v) is 4.73. The van der Waals surface area contributed by atoms with Gasteiger partial charge in [0.2, 0.25) is 0 Å². The summed E-state index contributed by atoms with van der Waals surface area (Å²) in [6.45, 7) is 7.92. The number of hydrogen-bond donors (Lipinski definition) is 1. The van der Waals surface area contributed by atoms with Crippen molar-refractivity contribution >= 4 is 29.6 Å². The van der Waals surface area contributed by atoms with Crippen LogP contribution in [0.2, 0.25) is 0 Å². The molecule has 1 heterocycles. The van der Waals surface area contributed by atoms with Crippen molar-refractivity contribution in [2.45, 2.75) is 20.3 Å². The van der Waals surface area contributed by atoms with Gasteiger partial charge >= 0.3 is 6.03 Å². The molecule has 7 nitrogen and oxygen atoms in total. The van der Waals surface area contributed by atoms with Gasteiger partial charge in [-0.3, -0.25) is 14.9 Å². The fraction of sp³-hybridized carbons (Fsp3) is 0.208. The minimum Gasteiger partial charge on any atom is -0.493 e. The van der Waals surface area contributed by atoms with Crippen LogP contribution in [0.15, 0.2) is 54.6 Å². The topological polar surface area (TPSA) is 84.9 Å². The van der Waals surface area contributed by atoms with Gasteiger partial charge in [-0.2, -0.15) is 0 Å². The van der Waals surface area contributed by atoms with Crippen LogP contribution in [0.5, 0.6) is 11.5 Å². The molecule has 0 bridgehead atoms. The van der Waals surface area contributed by atoms with E-state index in [4.69, 9.17) is 9.47 Å². The number of carbonyl (C=O) groups excluding carboxylic acids is 3. The average molecular weight is 420 g/mol. The van der Waals surface area contributed by atoms with Crippen LogP contribution in [-0.2, 0) is 16.0 Å². The number of anilines is 1. The highest BCUT2D eigenvalue weighted by Crippen LogP contribution is 2.34. The first-order chi connectivity index (χ1) is 14.9. The van der Waals surface area contributed by atoms with Crippen molar-refractivity contribution in [3.63, 3.8) is 0 Å². The van der Waals surface area contributed by atoms with Crippen LogP contribution in [-0.4, -0.2) is 31.6 Å². The summed E-state index contributed by atoms with van der Waals surface area (Å²) in [4.78, 5) is 38.9. The van der Waals surface area contributed by atoms with E-state index in [2.05, 4.69) is 11.9 Å². The molecule has 7 heteroatoms. The van der Waals surface area contributed by atoms with Gasteiger partial charge in [-0.1, -0.05) is 23.8 Å². The molecule has 160 valence electrons. The van der Waals surface area contributed by atoms with E-state index in [1.54, 1.807) is 49.6 Å². The first-order valence-electron chi connectivity index (χ1n) is 9.82. The molecule has 0 saturated carbocycles. The molecule has 1 N–H and O–H groups in total. The number of benzene rings is 2. The molecule has 0 radical (unpaired) electrons. The molecular weight excluding hydrogens is 396 g/mol. The van der Waals surface area contributed by atoms with Crippen molar-refractivity contribution < 1.29 is 23.9 Å². The molecule has 1 aliphatic heterocycles. The zero-order valence-corrected chi connectivity index (χ0v) is 17.7. The molecule has 3 rings (SSSR count). The highest BCUT2D eigenvalue weighted by atomic mass is 16.5.